The van der Waals surface area contributed by atoms with Gasteiger partial charge in [-0.25, -0.2) is 0 Å². The zero-order chi connectivity index (χ0) is 8.41. The first-order valence-electron chi connectivity index (χ1n) is 3.59. The van der Waals surface area contributed by atoms with Crippen LogP contribution in [0.3, 0.4) is 0 Å². The van der Waals surface area contributed by atoms with Crippen molar-refractivity contribution in [2.24, 2.45) is 0 Å². The molecule has 0 amide bonds. The number of hydrogen-bond acceptors (Lipinski definition) is 1. The molecule has 0 unspecified atom stereocenters. The van der Waals surface area contributed by atoms with Crippen LogP contribution in [0.2, 0.25) is 0 Å². The first-order chi connectivity index (χ1) is 4.85. The molecular formula is C9H16O. The molecule has 0 spiro atoms. The molecule has 1 nitrogen and oxygen atoms in total. The van der Waals surface area contributed by atoms with E-state index in [0.29, 0.717) is 0 Å². The number of rotatable bonds is 2. The summed E-state index contributed by atoms with van der Waals surface area (Å²) in [4.78, 5) is 10.0. The van der Waals surface area contributed by atoms with Gasteiger partial charge in [0.2, 0.25) is 0 Å². The van der Waals surface area contributed by atoms with Gasteiger partial charge in [-0.2, -0.15) is 0 Å². The second-order valence-electron chi connectivity index (χ2n) is 1.41. The minimum atomic E-state index is 0.729. The first kappa shape index (κ1) is 11.9. The van der Waals surface area contributed by atoms with Gasteiger partial charge in [0.15, 0.2) is 0 Å². The molecular weight excluding hydrogens is 124 g/mol. The molecule has 0 aromatic heterocycles. The zero-order valence-corrected chi connectivity index (χ0v) is 7.22. The maximum atomic E-state index is 10.0. The fourth-order valence-electron chi connectivity index (χ4n) is 0.396. The van der Waals surface area contributed by atoms with Crippen molar-refractivity contribution < 1.29 is 4.79 Å². The summed E-state index contributed by atoms with van der Waals surface area (Å²) in [5, 5.41) is 0. The highest BCUT2D eigenvalue weighted by molar-refractivity contribution is 5.77. The van der Waals surface area contributed by atoms with Crippen LogP contribution in [-0.4, -0.2) is 6.29 Å². The Kier molecular flexibility index (Phi) is 13.1. The summed E-state index contributed by atoms with van der Waals surface area (Å²) in [7, 11) is 0. The average Bonchev–Trinajstić information content (AvgIpc) is 2.04. The van der Waals surface area contributed by atoms with Gasteiger partial charge in [0.1, 0.15) is 6.29 Å². The molecule has 0 atom stereocenters. The van der Waals surface area contributed by atoms with E-state index in [1.54, 1.807) is 12.2 Å². The number of aldehydes is 1. The summed E-state index contributed by atoms with van der Waals surface area (Å²) in [5.41, 5.74) is 0.729. The molecule has 0 N–H and O–H groups in total. The Balaban J connectivity index is 0. The van der Waals surface area contributed by atoms with Crippen LogP contribution in [0, 0.1) is 0 Å². The van der Waals surface area contributed by atoms with Crippen molar-refractivity contribution in [3.63, 3.8) is 0 Å². The maximum absolute atomic E-state index is 10.0. The van der Waals surface area contributed by atoms with Crippen LogP contribution in [0.5, 0.6) is 0 Å². The van der Waals surface area contributed by atoms with Crippen LogP contribution >= 0.6 is 0 Å². The summed E-state index contributed by atoms with van der Waals surface area (Å²) in [6.45, 7) is 7.72. The third-order valence-electron chi connectivity index (χ3n) is 0.829. The molecule has 0 heterocycles. The van der Waals surface area contributed by atoms with Crippen molar-refractivity contribution >= 4 is 6.29 Å². The van der Waals surface area contributed by atoms with E-state index in [1.165, 1.54) is 0 Å². The van der Waals surface area contributed by atoms with E-state index in [0.717, 1.165) is 11.9 Å². The van der Waals surface area contributed by atoms with E-state index in [9.17, 15) is 4.79 Å². The summed E-state index contributed by atoms with van der Waals surface area (Å²) in [5.74, 6) is 0. The Morgan fingerprint density at radius 1 is 1.20 bits per heavy atom. The Hall–Kier alpha value is -0.850. The Labute approximate surface area is 63.4 Å². The third kappa shape index (κ3) is 7.15. The number of carbonyl (C=O) groups is 1. The SMILES string of the molecule is C/C=C\C(C=O)=C/C.CC. The highest BCUT2D eigenvalue weighted by atomic mass is 16.1. The lowest BCUT2D eigenvalue weighted by Gasteiger charge is -1.80. The van der Waals surface area contributed by atoms with Gasteiger partial charge in [-0.1, -0.05) is 32.1 Å². The highest BCUT2D eigenvalue weighted by Gasteiger charge is 1.79. The minimum Gasteiger partial charge on any atom is -0.298 e. The minimum absolute atomic E-state index is 0.729. The molecule has 0 bridgehead atoms. The van der Waals surface area contributed by atoms with Crippen molar-refractivity contribution in [3.8, 4) is 0 Å². The highest BCUT2D eigenvalue weighted by Crippen LogP contribution is 1.89. The van der Waals surface area contributed by atoms with E-state index in [-0.39, 0.29) is 0 Å². The largest absolute Gasteiger partial charge is 0.298 e. The van der Waals surface area contributed by atoms with Gasteiger partial charge < -0.3 is 0 Å². The molecule has 0 saturated heterocycles. The van der Waals surface area contributed by atoms with Gasteiger partial charge in [-0.15, -0.1) is 0 Å². The Morgan fingerprint density at radius 2 is 1.70 bits per heavy atom. The van der Waals surface area contributed by atoms with E-state index in [2.05, 4.69) is 0 Å². The van der Waals surface area contributed by atoms with Gasteiger partial charge in [0.05, 0.1) is 0 Å². The predicted molar refractivity (Wildman–Crippen MR) is 46.0 cm³/mol. The molecule has 0 aliphatic heterocycles. The number of hydrogen-bond donors (Lipinski definition) is 0. The average molecular weight is 140 g/mol. The summed E-state index contributed by atoms with van der Waals surface area (Å²) in [6, 6.07) is 0. The number of carbonyl (C=O) groups excluding carboxylic acids is 1. The molecule has 0 radical (unpaired) electrons. The molecule has 0 fully saturated rings. The van der Waals surface area contributed by atoms with Crippen molar-refractivity contribution in [2.75, 3.05) is 0 Å². The maximum Gasteiger partial charge on any atom is 0.149 e. The lowest BCUT2D eigenvalue weighted by atomic mass is 10.3. The van der Waals surface area contributed by atoms with Gasteiger partial charge in [-0.3, -0.25) is 4.79 Å². The van der Waals surface area contributed by atoms with Crippen LogP contribution in [0.4, 0.5) is 0 Å². The molecule has 0 aliphatic rings. The van der Waals surface area contributed by atoms with Gasteiger partial charge >= 0.3 is 0 Å². The Morgan fingerprint density at radius 3 is 1.80 bits per heavy atom. The fraction of sp³-hybridized carbons (Fsp3) is 0.444. The van der Waals surface area contributed by atoms with Gasteiger partial charge in [0, 0.05) is 5.57 Å². The molecule has 0 aromatic carbocycles. The normalized spacial score (nSPS) is 10.6. The summed E-state index contributed by atoms with van der Waals surface area (Å²) in [6.07, 6.45) is 6.21. The van der Waals surface area contributed by atoms with E-state index in [1.807, 2.05) is 33.8 Å². The van der Waals surface area contributed by atoms with E-state index >= 15 is 0 Å². The van der Waals surface area contributed by atoms with Crippen molar-refractivity contribution in [1.29, 1.82) is 0 Å². The van der Waals surface area contributed by atoms with Crippen molar-refractivity contribution in [1.82, 2.24) is 0 Å². The first-order valence-corrected chi connectivity index (χ1v) is 3.59. The van der Waals surface area contributed by atoms with Gasteiger partial charge in [-0.05, 0) is 13.8 Å². The topological polar surface area (TPSA) is 17.1 Å². The summed E-state index contributed by atoms with van der Waals surface area (Å²) >= 11 is 0. The standard InChI is InChI=1S/C7H10O.C2H6/c1-3-5-7(4-2)6-8;1-2/h3-6H,1-2H3;1-2H3/b5-3-,7-4+;. The van der Waals surface area contributed by atoms with Crippen LogP contribution in [-0.2, 0) is 4.79 Å². The summed E-state index contributed by atoms with van der Waals surface area (Å²) < 4.78 is 0. The molecule has 0 aliphatic carbocycles. The van der Waals surface area contributed by atoms with Crippen LogP contribution in [0.1, 0.15) is 27.7 Å². The molecule has 1 heteroatoms. The third-order valence-corrected chi connectivity index (χ3v) is 0.829. The lowest BCUT2D eigenvalue weighted by molar-refractivity contribution is -0.104. The van der Waals surface area contributed by atoms with Crippen LogP contribution < -0.4 is 0 Å². The quantitative estimate of drug-likeness (QED) is 0.327. The predicted octanol–water partition coefficient (Wildman–Crippen LogP) is 2.73. The van der Waals surface area contributed by atoms with Crippen LogP contribution in [0.15, 0.2) is 23.8 Å². The van der Waals surface area contributed by atoms with Gasteiger partial charge in [0.25, 0.3) is 0 Å². The molecule has 0 aromatic rings. The second-order valence-corrected chi connectivity index (χ2v) is 1.41. The molecule has 58 valence electrons. The molecule has 0 rings (SSSR count). The van der Waals surface area contributed by atoms with Crippen molar-refractivity contribution in [2.45, 2.75) is 27.7 Å². The smallest absolute Gasteiger partial charge is 0.149 e. The van der Waals surface area contributed by atoms with Crippen LogP contribution in [0.25, 0.3) is 0 Å². The van der Waals surface area contributed by atoms with E-state index in [4.69, 9.17) is 0 Å². The monoisotopic (exact) mass is 140 g/mol. The Bertz CT molecular complexity index is 121. The fourth-order valence-corrected chi connectivity index (χ4v) is 0.396. The van der Waals surface area contributed by atoms with Crippen molar-refractivity contribution in [3.05, 3.63) is 23.8 Å². The zero-order valence-electron chi connectivity index (χ0n) is 7.22. The lowest BCUT2D eigenvalue weighted by Crippen LogP contribution is -1.74. The molecule has 10 heavy (non-hydrogen) atoms. The number of allylic oxidation sites excluding steroid dienone is 4. The second kappa shape index (κ2) is 11.0. The van der Waals surface area contributed by atoms with E-state index < -0.39 is 0 Å². The molecule has 0 saturated carbocycles.